The number of nitrogen functional groups attached to an aromatic ring is 1. The number of pyridine rings is 7. The first kappa shape index (κ1) is 127. The van der Waals surface area contributed by atoms with Crippen molar-refractivity contribution >= 4 is 119 Å². The predicted molar refractivity (Wildman–Crippen MR) is 530 cm³/mol. The highest BCUT2D eigenvalue weighted by molar-refractivity contribution is 8.13. The summed E-state index contributed by atoms with van der Waals surface area (Å²) in [5.41, 5.74) is 28.1. The molecule has 9 N–H and O–H groups in total. The maximum atomic E-state index is 11.9. The SMILES string of the molecule is CC(C)(C)OC(=O)Nc1cccc(CCN=[N+]=[N-])n1.CC(C)(C)OC(=O)Nc1cccc(CCO)n1.CC(C)(C)OC(=O)Nc1cccc(CCOS(C)(=O)=O)n1.CC(C)(C)OC(=O)OC(=O)OC(C)(C)C.CN(C(=O)OC(C)(C)C)c1cccc(CCN)n1.CN(C(=O)OC(C)(C)C)c1cccc(CCN=[N+]=[N-])n1.CS(=O)(=O)Cl.Cc1cccc(N)n1.Cc1cccc(NC(=O)OC(C)(C)C)n1. The molecule has 0 aliphatic heterocycles. The highest BCUT2D eigenvalue weighted by Crippen LogP contribution is 2.21. The summed E-state index contributed by atoms with van der Waals surface area (Å²) >= 11 is 0. The van der Waals surface area contributed by atoms with Gasteiger partial charge in [0.2, 0.25) is 9.05 Å². The molecule has 44 nitrogen and oxygen atoms in total. The van der Waals surface area contributed by atoms with Gasteiger partial charge in [0.1, 0.15) is 85.5 Å². The lowest BCUT2D eigenvalue weighted by Gasteiger charge is -2.24. The van der Waals surface area contributed by atoms with Crippen molar-refractivity contribution in [2.45, 2.75) is 257 Å². The third kappa shape index (κ3) is 75.1. The molecule has 766 valence electrons. The van der Waals surface area contributed by atoms with Crippen molar-refractivity contribution in [2.24, 2.45) is 16.0 Å². The van der Waals surface area contributed by atoms with E-state index in [0.717, 1.165) is 46.7 Å². The highest BCUT2D eigenvalue weighted by atomic mass is 35.7. The molecule has 0 unspecified atom stereocenters. The lowest BCUT2D eigenvalue weighted by atomic mass is 10.2. The number of hydrogen-bond donors (Lipinski definition) is 7. The molecule has 0 saturated carbocycles. The number of carbonyl (C=O) groups excluding carboxylic acids is 8. The number of rotatable bonds is 20. The van der Waals surface area contributed by atoms with Gasteiger partial charge in [-0.15, -0.1) is 0 Å². The number of aliphatic hydroxyl groups excluding tert-OH is 1. The van der Waals surface area contributed by atoms with E-state index in [0.29, 0.717) is 98.2 Å². The third-order valence-electron chi connectivity index (χ3n) is 13.8. The topological polar surface area (TPSA) is 612 Å². The summed E-state index contributed by atoms with van der Waals surface area (Å²) in [4.78, 5) is 129. The molecule has 6 amide bonds. The van der Waals surface area contributed by atoms with Crippen molar-refractivity contribution in [3.8, 4) is 0 Å². The minimum Gasteiger partial charge on any atom is -0.444 e. The summed E-state index contributed by atoms with van der Waals surface area (Å²) < 4.78 is 89.9. The molecular formula is C91H140ClN21O23S2. The second-order valence-electron chi connectivity index (χ2n) is 36.9. The number of aryl methyl sites for hydroxylation is 2. The maximum Gasteiger partial charge on any atom is 0.519 e. The van der Waals surface area contributed by atoms with Crippen molar-refractivity contribution in [1.82, 2.24) is 34.9 Å². The van der Waals surface area contributed by atoms with Crippen LogP contribution in [-0.2, 0) is 98.1 Å². The van der Waals surface area contributed by atoms with Crippen LogP contribution in [0.25, 0.3) is 20.9 Å². The molecule has 7 aromatic rings. The maximum absolute atomic E-state index is 11.9. The summed E-state index contributed by atoms with van der Waals surface area (Å²) in [6, 6.07) is 37.3. The number of hydrogen-bond acceptors (Lipinski definition) is 34. The van der Waals surface area contributed by atoms with Crippen molar-refractivity contribution in [3.05, 3.63) is 188 Å². The Morgan fingerprint density at radius 3 is 0.935 bits per heavy atom. The first-order valence-electron chi connectivity index (χ1n) is 42.7. The van der Waals surface area contributed by atoms with Gasteiger partial charge < -0.3 is 59.2 Å². The number of halogens is 1. The summed E-state index contributed by atoms with van der Waals surface area (Å²) in [5.74, 6) is 3.32. The second kappa shape index (κ2) is 61.2. The number of carbonyl (C=O) groups is 8. The molecule has 0 aliphatic carbocycles. The van der Waals surface area contributed by atoms with Crippen molar-refractivity contribution in [1.29, 1.82) is 0 Å². The zero-order valence-electron chi connectivity index (χ0n) is 84.7. The summed E-state index contributed by atoms with van der Waals surface area (Å²) in [5, 5.41) is 25.9. The summed E-state index contributed by atoms with van der Waals surface area (Å²) in [7, 11) is 1.09. The van der Waals surface area contributed by atoms with E-state index in [2.05, 4.69) is 95.8 Å². The largest absolute Gasteiger partial charge is 0.519 e. The first-order chi connectivity index (χ1) is 63.2. The average molecular weight is 2000 g/mol. The van der Waals surface area contributed by atoms with Gasteiger partial charge in [-0.3, -0.25) is 35.3 Å². The van der Waals surface area contributed by atoms with Crippen LogP contribution in [0, 0.1) is 13.8 Å². The van der Waals surface area contributed by atoms with Gasteiger partial charge >= 0.3 is 48.9 Å². The van der Waals surface area contributed by atoms with E-state index in [1.165, 1.54) is 9.80 Å². The van der Waals surface area contributed by atoms with Crippen LogP contribution in [0.3, 0.4) is 0 Å². The van der Waals surface area contributed by atoms with Crippen LogP contribution < -0.4 is 42.5 Å². The number of nitrogens with one attached hydrogen (secondary N) is 4. The van der Waals surface area contributed by atoms with E-state index >= 15 is 0 Å². The molecule has 0 saturated heterocycles. The number of aliphatic hydroxyl groups is 1. The zero-order valence-corrected chi connectivity index (χ0v) is 87.1. The normalized spacial score (nSPS) is 11.1. The molecule has 47 heteroatoms. The van der Waals surface area contributed by atoms with Crippen LogP contribution in [0.4, 0.5) is 79.1 Å². The second-order valence-corrected chi connectivity index (χ2v) is 41.6. The van der Waals surface area contributed by atoms with Gasteiger partial charge in [0.15, 0.2) is 0 Å². The summed E-state index contributed by atoms with van der Waals surface area (Å²) in [6.07, 6.45) is -0.732. The number of nitrogens with two attached hydrogens (primary N) is 2. The Kier molecular flexibility index (Phi) is 56.3. The van der Waals surface area contributed by atoms with E-state index in [9.17, 15) is 55.2 Å². The predicted octanol–water partition coefficient (Wildman–Crippen LogP) is 19.2. The zero-order chi connectivity index (χ0) is 106. The van der Waals surface area contributed by atoms with E-state index in [1.807, 2.05) is 119 Å². The number of anilines is 7. The molecule has 7 aromatic heterocycles. The smallest absolute Gasteiger partial charge is 0.444 e. The minimum absolute atomic E-state index is 0.00171. The molecule has 138 heavy (non-hydrogen) atoms. The quantitative estimate of drug-likeness (QED) is 0.00544. The van der Waals surface area contributed by atoms with Crippen LogP contribution >= 0.6 is 10.7 Å². The van der Waals surface area contributed by atoms with Crippen LogP contribution in [0.2, 0.25) is 0 Å². The molecule has 0 aliphatic rings. The standard InChI is InChI=1S/C13H19N5O2.C13H21N3O2.C13H20N2O5S.C12H17N5O2.C12H18N2O3.C11H16N2O2.C10H18O5.C6H8N2.CH3ClO2S/c1-13(2,3)20-12(19)18(4)11-7-5-6-10(16-11)8-9-15-17-14;1-13(2,3)18-12(17)16(4)11-7-5-6-10(15-11)8-9-14;1-13(2,3)20-12(16)15-11-7-5-6-10(14-11)8-9-19-21(4,17)18;1-12(2,3)19-11(18)16-10-6-4-5-9(15-10)7-8-14-17-13;1-12(2,3)17-11(16)14-10-6-4-5-9(13-10)7-8-15;1-8-6-5-7-9(12-8)13-10(14)15-11(2,3)4;1-9(2,3)14-7(11)13-8(12)15-10(4,5)6;1-5-3-2-4-6(7)8-5;1-5(2,3)4/h5-7H,8-9H2,1-4H3;5-7H,8-9,14H2,1-4H3;5-7H,8-9H2,1-4H3,(H,14,15,16);4-6H,7-8H2,1-3H3,(H,15,16,18);4-6,15H,7-8H2,1-3H3,(H,13,14,16);5-7H,1-4H3,(H,12,13,14);1-6H3;2-4H,1H3,(H2,7,8);1H3. The third-order valence-corrected chi connectivity index (χ3v) is 14.4. The van der Waals surface area contributed by atoms with E-state index in [1.54, 1.807) is 203 Å². The molecule has 0 fully saturated rings. The molecule has 0 radical (unpaired) electrons. The summed E-state index contributed by atoms with van der Waals surface area (Å²) in [6.45, 7) is 47.4. The molecule has 0 bridgehead atoms. The average Bonchev–Trinajstić information content (AvgIpc) is 0.849. The first-order valence-corrected chi connectivity index (χ1v) is 47.3. The molecule has 7 rings (SSSR count). The molecule has 0 spiro atoms. The number of amides is 6. The Morgan fingerprint density at radius 1 is 0.399 bits per heavy atom. The van der Waals surface area contributed by atoms with Gasteiger partial charge in [-0.1, -0.05) is 52.7 Å². The van der Waals surface area contributed by atoms with Crippen LogP contribution in [-0.4, -0.2) is 210 Å². The number of aromatic nitrogens is 7. The lowest BCUT2D eigenvalue weighted by molar-refractivity contribution is -0.0296. The lowest BCUT2D eigenvalue weighted by Crippen LogP contribution is -2.34. The van der Waals surface area contributed by atoms with E-state index in [-0.39, 0.29) is 13.2 Å². The van der Waals surface area contributed by atoms with Gasteiger partial charge in [-0.05, 0) is 295 Å². The van der Waals surface area contributed by atoms with Gasteiger partial charge in [0.25, 0.3) is 10.1 Å². The van der Waals surface area contributed by atoms with Crippen LogP contribution in [0.1, 0.15) is 206 Å². The highest BCUT2D eigenvalue weighted by Gasteiger charge is 2.27. The minimum atomic E-state index is -3.46. The van der Waals surface area contributed by atoms with Gasteiger partial charge in [-0.25, -0.2) is 81.7 Å². The Hall–Kier alpha value is -13.1. The number of nitrogens with zero attached hydrogens (tertiary/aromatic N) is 15. The fourth-order valence-electron chi connectivity index (χ4n) is 8.90. The molecular weight excluding hydrogens is 1850 g/mol. The fourth-order valence-corrected chi connectivity index (χ4v) is 9.28. The number of azide groups is 2. The van der Waals surface area contributed by atoms with Crippen molar-refractivity contribution in [3.63, 3.8) is 0 Å². The number of ether oxygens (including phenoxy) is 9. The molecule has 7 heterocycles. The monoisotopic (exact) mass is 1990 g/mol. The van der Waals surface area contributed by atoms with Gasteiger partial charge in [-0.2, -0.15) is 8.42 Å². The fraction of sp³-hybridized carbons (Fsp3) is 0.527. The van der Waals surface area contributed by atoms with E-state index in [4.69, 9.17) is 65.5 Å². The van der Waals surface area contributed by atoms with Crippen molar-refractivity contribution in [2.75, 3.05) is 96.3 Å². The Labute approximate surface area is 814 Å². The van der Waals surface area contributed by atoms with Gasteiger partial charge in [0.05, 0.1) is 19.1 Å². The van der Waals surface area contributed by atoms with Crippen LogP contribution in [0.15, 0.2) is 138 Å². The van der Waals surface area contributed by atoms with E-state index < -0.39 is 113 Å². The van der Waals surface area contributed by atoms with Crippen molar-refractivity contribution < 1.29 is 107 Å². The Morgan fingerprint density at radius 2 is 0.667 bits per heavy atom. The van der Waals surface area contributed by atoms with Gasteiger partial charge in [0, 0.05) is 113 Å². The molecule has 0 aromatic carbocycles. The Bertz CT molecular complexity index is 5260. The molecule has 0 atom stereocenters. The van der Waals surface area contributed by atoms with Crippen LogP contribution in [0.5, 0.6) is 0 Å². The Balaban J connectivity index is 0.